The van der Waals surface area contributed by atoms with Gasteiger partial charge in [0.2, 0.25) is 0 Å². The lowest BCUT2D eigenvalue weighted by Gasteiger charge is -2.28. The number of aliphatic hydroxyl groups is 4. The van der Waals surface area contributed by atoms with Gasteiger partial charge in [-0.25, -0.2) is 0 Å². The van der Waals surface area contributed by atoms with Crippen LogP contribution in [-0.2, 0) is 0 Å². The number of benzene rings is 2. The molecule has 0 spiro atoms. The summed E-state index contributed by atoms with van der Waals surface area (Å²) in [5.41, 5.74) is -0.464. The third kappa shape index (κ3) is 5.53. The molecule has 156 valence electrons. The van der Waals surface area contributed by atoms with E-state index in [0.717, 1.165) is 0 Å². The van der Waals surface area contributed by atoms with Gasteiger partial charge in [0.1, 0.15) is 28.4 Å². The fourth-order valence-electron chi connectivity index (χ4n) is 2.75. The lowest BCUT2D eigenvalue weighted by molar-refractivity contribution is 0.0487. The van der Waals surface area contributed by atoms with Gasteiger partial charge < -0.3 is 29.9 Å². The summed E-state index contributed by atoms with van der Waals surface area (Å²) in [6, 6.07) is 13.9. The lowest BCUT2D eigenvalue weighted by Crippen LogP contribution is -2.34. The van der Waals surface area contributed by atoms with E-state index in [4.69, 9.17) is 9.47 Å². The first kappa shape index (κ1) is 22.3. The van der Waals surface area contributed by atoms with Gasteiger partial charge in [-0.05, 0) is 61.4 Å². The monoisotopic (exact) mass is 400 g/mol. The molecule has 6 heteroatoms. The van der Waals surface area contributed by atoms with Gasteiger partial charge in [0, 0.05) is 0 Å². The van der Waals surface area contributed by atoms with Crippen LogP contribution in [0.4, 0.5) is 0 Å². The average Bonchev–Trinajstić information content (AvgIpc) is 2.73. The van der Waals surface area contributed by atoms with E-state index in [1.54, 1.807) is 48.5 Å². The van der Waals surface area contributed by atoms with Crippen molar-refractivity contribution in [1.82, 2.24) is 0 Å². The molecule has 0 aromatic heterocycles. The quantitative estimate of drug-likeness (QED) is 0.451. The lowest BCUT2D eigenvalue weighted by atomic mass is 9.83. The third-order valence-electron chi connectivity index (χ3n) is 4.51. The van der Waals surface area contributed by atoms with Crippen molar-refractivity contribution < 1.29 is 29.9 Å². The molecule has 0 aliphatic rings. The zero-order valence-electron chi connectivity index (χ0n) is 16.7. The van der Waals surface area contributed by atoms with E-state index >= 15 is 0 Å². The first-order chi connectivity index (χ1) is 14.0. The van der Waals surface area contributed by atoms with E-state index in [1.807, 2.05) is 13.8 Å². The highest BCUT2D eigenvalue weighted by Crippen LogP contribution is 2.34. The summed E-state index contributed by atoms with van der Waals surface area (Å²) in [7, 11) is 0. The smallest absolute Gasteiger partial charge is 0.130 e. The fourth-order valence-corrected chi connectivity index (χ4v) is 2.75. The van der Waals surface area contributed by atoms with Crippen LogP contribution < -0.4 is 9.47 Å². The highest BCUT2D eigenvalue weighted by atomic mass is 16.5. The molecule has 4 N–H and O–H groups in total. The molecule has 0 radical (unpaired) electrons. The van der Waals surface area contributed by atoms with Crippen LogP contribution in [0, 0.1) is 5.41 Å². The Labute approximate surface area is 171 Å². The molecule has 0 aliphatic carbocycles. The van der Waals surface area contributed by atoms with Crippen molar-refractivity contribution in [1.29, 1.82) is 0 Å². The van der Waals surface area contributed by atoms with E-state index in [2.05, 4.69) is 0 Å². The summed E-state index contributed by atoms with van der Waals surface area (Å²) in [6.07, 6.45) is 2.79. The van der Waals surface area contributed by atoms with Crippen molar-refractivity contribution >= 4 is 12.2 Å². The van der Waals surface area contributed by atoms with Crippen molar-refractivity contribution in [3.63, 3.8) is 0 Å². The number of rotatable bonds is 10. The zero-order chi connectivity index (χ0) is 21.3. The van der Waals surface area contributed by atoms with E-state index in [-0.39, 0.29) is 11.5 Å². The van der Waals surface area contributed by atoms with Crippen LogP contribution in [0.5, 0.6) is 11.5 Å². The minimum atomic E-state index is -1.73. The van der Waals surface area contributed by atoms with Gasteiger partial charge >= 0.3 is 0 Å². The van der Waals surface area contributed by atoms with E-state index in [1.165, 1.54) is 12.2 Å². The molecule has 0 bridgehead atoms. The molecule has 0 aliphatic heterocycles. The molecule has 2 rings (SSSR count). The Hall–Kier alpha value is -2.96. The second-order valence-electron chi connectivity index (χ2n) is 6.46. The summed E-state index contributed by atoms with van der Waals surface area (Å²) in [5, 5.41) is 41.1. The molecule has 2 aromatic carbocycles. The normalized spacial score (nSPS) is 12.7. The maximum absolute atomic E-state index is 10.6. The minimum Gasteiger partial charge on any atom is -0.511 e. The summed E-state index contributed by atoms with van der Waals surface area (Å²) in [4.78, 5) is 0. The SMILES string of the molecule is CCOc1ccc(C=C(O)C(CO)(CO)C(O)=Cc2ccc(OCC)cc2)cc1. The Morgan fingerprint density at radius 3 is 1.34 bits per heavy atom. The average molecular weight is 400 g/mol. The summed E-state index contributed by atoms with van der Waals surface area (Å²) >= 11 is 0. The first-order valence-electron chi connectivity index (χ1n) is 9.48. The van der Waals surface area contributed by atoms with Crippen LogP contribution in [0.1, 0.15) is 25.0 Å². The van der Waals surface area contributed by atoms with E-state index in [0.29, 0.717) is 35.8 Å². The topological polar surface area (TPSA) is 99.4 Å². The fraction of sp³-hybridized carbons (Fsp3) is 0.304. The maximum atomic E-state index is 10.6. The van der Waals surface area contributed by atoms with Gasteiger partial charge in [0.25, 0.3) is 0 Å². The van der Waals surface area contributed by atoms with Gasteiger partial charge in [-0.2, -0.15) is 0 Å². The van der Waals surface area contributed by atoms with Gasteiger partial charge in [0.15, 0.2) is 0 Å². The molecule has 0 amide bonds. The van der Waals surface area contributed by atoms with Crippen LogP contribution in [0.2, 0.25) is 0 Å². The van der Waals surface area contributed by atoms with Crippen molar-refractivity contribution in [3.05, 3.63) is 71.2 Å². The summed E-state index contributed by atoms with van der Waals surface area (Å²) in [6.45, 7) is 3.50. The first-order valence-corrected chi connectivity index (χ1v) is 9.48. The summed E-state index contributed by atoms with van der Waals surface area (Å²) in [5.74, 6) is 0.675. The minimum absolute atomic E-state index is 0.355. The van der Waals surface area contributed by atoms with Crippen LogP contribution in [0.25, 0.3) is 12.2 Å². The standard InChI is InChI=1S/C23H28O6/c1-3-28-19-9-5-17(6-10-19)13-21(26)23(15-24,16-25)22(27)14-18-7-11-20(12-8-18)29-4-2/h5-14,24-27H,3-4,15-16H2,1-2H3. The van der Waals surface area contributed by atoms with Gasteiger partial charge in [-0.3, -0.25) is 0 Å². The second-order valence-corrected chi connectivity index (χ2v) is 6.46. The predicted octanol–water partition coefficient (Wildman–Crippen LogP) is 3.95. The molecule has 0 heterocycles. The van der Waals surface area contributed by atoms with Gasteiger partial charge in [-0.1, -0.05) is 24.3 Å². The number of hydrogen-bond donors (Lipinski definition) is 4. The van der Waals surface area contributed by atoms with Crippen LogP contribution in [-0.4, -0.2) is 46.9 Å². The highest BCUT2D eigenvalue weighted by Gasteiger charge is 2.38. The number of ether oxygens (including phenoxy) is 2. The number of hydrogen-bond acceptors (Lipinski definition) is 6. The van der Waals surface area contributed by atoms with Gasteiger partial charge in [-0.15, -0.1) is 0 Å². The molecular formula is C23H28O6. The maximum Gasteiger partial charge on any atom is 0.130 e. The Morgan fingerprint density at radius 2 is 1.07 bits per heavy atom. The molecular weight excluding hydrogens is 372 g/mol. The van der Waals surface area contributed by atoms with Crippen LogP contribution in [0.15, 0.2) is 60.0 Å². The summed E-state index contributed by atoms with van der Waals surface area (Å²) < 4.78 is 10.8. The Kier molecular flexibility index (Phi) is 8.12. The molecule has 0 atom stereocenters. The third-order valence-corrected chi connectivity index (χ3v) is 4.51. The Bertz CT molecular complexity index is 750. The van der Waals surface area contributed by atoms with E-state index < -0.39 is 18.6 Å². The Balaban J connectivity index is 2.32. The molecule has 0 saturated carbocycles. The predicted molar refractivity (Wildman–Crippen MR) is 113 cm³/mol. The van der Waals surface area contributed by atoms with Crippen molar-refractivity contribution in [3.8, 4) is 11.5 Å². The molecule has 0 fully saturated rings. The molecule has 2 aromatic rings. The largest absolute Gasteiger partial charge is 0.511 e. The van der Waals surface area contributed by atoms with Gasteiger partial charge in [0.05, 0.1) is 26.4 Å². The van der Waals surface area contributed by atoms with E-state index in [9.17, 15) is 20.4 Å². The Morgan fingerprint density at radius 1 is 0.724 bits per heavy atom. The van der Waals surface area contributed by atoms with Crippen molar-refractivity contribution in [2.75, 3.05) is 26.4 Å². The highest BCUT2D eigenvalue weighted by molar-refractivity contribution is 5.59. The van der Waals surface area contributed by atoms with Crippen LogP contribution >= 0.6 is 0 Å². The zero-order valence-corrected chi connectivity index (χ0v) is 16.7. The second kappa shape index (κ2) is 10.5. The molecule has 6 nitrogen and oxygen atoms in total. The van der Waals surface area contributed by atoms with Crippen molar-refractivity contribution in [2.45, 2.75) is 13.8 Å². The molecule has 29 heavy (non-hydrogen) atoms. The van der Waals surface area contributed by atoms with Crippen molar-refractivity contribution in [2.24, 2.45) is 5.41 Å². The van der Waals surface area contributed by atoms with Crippen LogP contribution in [0.3, 0.4) is 0 Å². The molecule has 0 saturated heterocycles. The molecule has 0 unspecified atom stereocenters. The number of aliphatic hydroxyl groups excluding tert-OH is 4.